The summed E-state index contributed by atoms with van der Waals surface area (Å²) in [5.41, 5.74) is 1.56. The van der Waals surface area contributed by atoms with Gasteiger partial charge in [0, 0.05) is 0 Å². The predicted molar refractivity (Wildman–Crippen MR) is 31.9 cm³/mol. The highest BCUT2D eigenvalue weighted by molar-refractivity contribution is 5.05. The molecule has 0 spiro atoms. The minimum atomic E-state index is 1.20. The lowest BCUT2D eigenvalue weighted by molar-refractivity contribution is 0.843. The van der Waals surface area contributed by atoms with E-state index in [2.05, 4.69) is 19.4 Å². The fourth-order valence-electron chi connectivity index (χ4n) is 0.834. The first-order valence-corrected chi connectivity index (χ1v) is 2.87. The number of allylic oxidation sites excluding steroid dienone is 2. The van der Waals surface area contributed by atoms with Crippen molar-refractivity contribution in [2.45, 2.75) is 26.2 Å². The van der Waals surface area contributed by atoms with Crippen molar-refractivity contribution < 1.29 is 0 Å². The molecule has 0 N–H and O–H groups in total. The van der Waals surface area contributed by atoms with Gasteiger partial charge in [-0.05, 0) is 32.6 Å². The second-order valence-electron chi connectivity index (χ2n) is 2.11. The Bertz CT molecular complexity index is 80.0. The molecular weight excluding hydrogens is 84.1 g/mol. The number of rotatable bonds is 0. The normalized spacial score (nSPS) is 21.6. The molecule has 1 aliphatic rings. The van der Waals surface area contributed by atoms with Crippen molar-refractivity contribution in [1.82, 2.24) is 0 Å². The van der Waals surface area contributed by atoms with E-state index in [0.717, 1.165) is 0 Å². The quantitative estimate of drug-likeness (QED) is 0.405. The summed E-state index contributed by atoms with van der Waals surface area (Å²) in [6.45, 7) is 2.20. The van der Waals surface area contributed by atoms with Crippen LogP contribution < -0.4 is 0 Å². The zero-order chi connectivity index (χ0) is 5.11. The lowest BCUT2D eigenvalue weighted by atomic mass is 10.0. The zero-order valence-corrected chi connectivity index (χ0v) is 4.78. The van der Waals surface area contributed by atoms with Crippen LogP contribution in [0.4, 0.5) is 0 Å². The van der Waals surface area contributed by atoms with Crippen LogP contribution in [0, 0.1) is 6.42 Å². The Morgan fingerprint density at radius 1 is 1.57 bits per heavy atom. The van der Waals surface area contributed by atoms with Crippen LogP contribution in [0.15, 0.2) is 11.6 Å². The lowest BCUT2D eigenvalue weighted by Gasteiger charge is -2.05. The van der Waals surface area contributed by atoms with E-state index < -0.39 is 0 Å². The van der Waals surface area contributed by atoms with Crippen molar-refractivity contribution >= 4 is 0 Å². The fourth-order valence-corrected chi connectivity index (χ4v) is 0.834. The summed E-state index contributed by atoms with van der Waals surface area (Å²) >= 11 is 0. The molecule has 0 amide bonds. The predicted octanol–water partition coefficient (Wildman–Crippen LogP) is 2.32. The van der Waals surface area contributed by atoms with Crippen molar-refractivity contribution in [2.24, 2.45) is 0 Å². The standard InChI is InChI=1S/C7H11/c1-7-5-3-2-4-6-7/h2,5H,3-4,6H2,1H3. The van der Waals surface area contributed by atoms with Crippen molar-refractivity contribution in [3.8, 4) is 0 Å². The maximum Gasteiger partial charge on any atom is -0.0317 e. The highest BCUT2D eigenvalue weighted by Crippen LogP contribution is 2.14. The largest absolute Gasteiger partial charge is 0.0853 e. The third-order valence-corrected chi connectivity index (χ3v) is 1.38. The van der Waals surface area contributed by atoms with Crippen LogP contribution in [-0.2, 0) is 0 Å². The Kier molecular flexibility index (Phi) is 1.50. The van der Waals surface area contributed by atoms with E-state index in [1.165, 1.54) is 19.3 Å². The topological polar surface area (TPSA) is 0 Å². The van der Waals surface area contributed by atoms with Crippen LogP contribution in [0.25, 0.3) is 0 Å². The van der Waals surface area contributed by atoms with Crippen molar-refractivity contribution in [3.63, 3.8) is 0 Å². The molecule has 0 saturated carbocycles. The van der Waals surface area contributed by atoms with Gasteiger partial charge in [0.2, 0.25) is 0 Å². The average molecular weight is 95.2 g/mol. The van der Waals surface area contributed by atoms with Gasteiger partial charge >= 0.3 is 0 Å². The molecule has 39 valence electrons. The molecule has 7 heavy (non-hydrogen) atoms. The Hall–Kier alpha value is -0.260. The summed E-state index contributed by atoms with van der Waals surface area (Å²) in [5, 5.41) is 0. The summed E-state index contributed by atoms with van der Waals surface area (Å²) < 4.78 is 0. The molecule has 0 heteroatoms. The second kappa shape index (κ2) is 2.15. The SMILES string of the molecule is CC1=CC[CH]CC1. The average Bonchev–Trinajstić information content (AvgIpc) is 1.69. The molecule has 0 saturated heterocycles. The molecule has 0 heterocycles. The van der Waals surface area contributed by atoms with Crippen LogP contribution in [0.5, 0.6) is 0 Å². The maximum absolute atomic E-state index is 2.33. The van der Waals surface area contributed by atoms with Gasteiger partial charge in [-0.15, -0.1) is 0 Å². The van der Waals surface area contributed by atoms with Crippen LogP contribution in [-0.4, -0.2) is 0 Å². The zero-order valence-electron chi connectivity index (χ0n) is 4.78. The molecule has 0 fully saturated rings. The van der Waals surface area contributed by atoms with Gasteiger partial charge in [0.25, 0.3) is 0 Å². The minimum absolute atomic E-state index is 1.20. The van der Waals surface area contributed by atoms with Crippen LogP contribution in [0.3, 0.4) is 0 Å². The van der Waals surface area contributed by atoms with E-state index in [9.17, 15) is 0 Å². The molecule has 1 radical (unpaired) electrons. The smallest absolute Gasteiger partial charge is 0.0317 e. The monoisotopic (exact) mass is 95.1 g/mol. The van der Waals surface area contributed by atoms with Crippen LogP contribution in [0.1, 0.15) is 26.2 Å². The molecule has 0 bridgehead atoms. The second-order valence-corrected chi connectivity index (χ2v) is 2.11. The molecule has 1 aliphatic carbocycles. The van der Waals surface area contributed by atoms with E-state index in [0.29, 0.717) is 0 Å². The summed E-state index contributed by atoms with van der Waals surface area (Å²) in [4.78, 5) is 0. The van der Waals surface area contributed by atoms with E-state index in [4.69, 9.17) is 0 Å². The summed E-state index contributed by atoms with van der Waals surface area (Å²) in [6.07, 6.45) is 8.41. The lowest BCUT2D eigenvalue weighted by Crippen LogP contribution is -1.86. The van der Waals surface area contributed by atoms with Gasteiger partial charge in [0.15, 0.2) is 0 Å². The molecule has 0 unspecified atom stereocenters. The van der Waals surface area contributed by atoms with Crippen molar-refractivity contribution in [3.05, 3.63) is 18.1 Å². The fraction of sp³-hybridized carbons (Fsp3) is 0.571. The van der Waals surface area contributed by atoms with Crippen LogP contribution in [0.2, 0.25) is 0 Å². The van der Waals surface area contributed by atoms with E-state index in [-0.39, 0.29) is 0 Å². The van der Waals surface area contributed by atoms with Gasteiger partial charge in [-0.1, -0.05) is 11.6 Å². The van der Waals surface area contributed by atoms with Crippen molar-refractivity contribution in [1.29, 1.82) is 0 Å². The molecule has 0 aromatic carbocycles. The van der Waals surface area contributed by atoms with E-state index >= 15 is 0 Å². The molecule has 0 atom stereocenters. The summed E-state index contributed by atoms with van der Waals surface area (Å²) in [7, 11) is 0. The Morgan fingerprint density at radius 3 is 2.71 bits per heavy atom. The third-order valence-electron chi connectivity index (χ3n) is 1.38. The first kappa shape index (κ1) is 4.89. The highest BCUT2D eigenvalue weighted by Gasteiger charge is 1.95. The van der Waals surface area contributed by atoms with Gasteiger partial charge in [-0.3, -0.25) is 0 Å². The van der Waals surface area contributed by atoms with Gasteiger partial charge < -0.3 is 0 Å². The van der Waals surface area contributed by atoms with Gasteiger partial charge in [-0.2, -0.15) is 0 Å². The molecule has 0 aliphatic heterocycles. The number of hydrogen-bond donors (Lipinski definition) is 0. The van der Waals surface area contributed by atoms with E-state index in [1.807, 2.05) is 0 Å². The molecule has 1 rings (SSSR count). The highest BCUT2D eigenvalue weighted by atomic mass is 14.0. The Morgan fingerprint density at radius 2 is 2.43 bits per heavy atom. The summed E-state index contributed by atoms with van der Waals surface area (Å²) in [5.74, 6) is 0. The first-order valence-electron chi connectivity index (χ1n) is 2.87. The van der Waals surface area contributed by atoms with Gasteiger partial charge in [0.1, 0.15) is 0 Å². The van der Waals surface area contributed by atoms with E-state index in [1.54, 1.807) is 5.57 Å². The summed E-state index contributed by atoms with van der Waals surface area (Å²) in [6, 6.07) is 0. The van der Waals surface area contributed by atoms with Gasteiger partial charge in [0.05, 0.1) is 0 Å². The minimum Gasteiger partial charge on any atom is -0.0853 e. The third kappa shape index (κ3) is 1.34. The van der Waals surface area contributed by atoms with Crippen LogP contribution >= 0.6 is 0 Å². The Labute approximate surface area is 45.2 Å². The molecule has 0 nitrogen and oxygen atoms in total. The number of hydrogen-bond acceptors (Lipinski definition) is 0. The molecule has 0 aromatic rings. The molecule has 0 aromatic heterocycles. The van der Waals surface area contributed by atoms with Crippen molar-refractivity contribution in [2.75, 3.05) is 0 Å². The molecular formula is C7H11. The first-order chi connectivity index (χ1) is 3.39. The van der Waals surface area contributed by atoms with Gasteiger partial charge in [-0.25, -0.2) is 0 Å². The Balaban J connectivity index is 2.40. The maximum atomic E-state index is 2.33.